The van der Waals surface area contributed by atoms with Crippen molar-refractivity contribution < 1.29 is 16.6 Å². The lowest BCUT2D eigenvalue weighted by molar-refractivity contribution is 0.313. The zero-order valence-corrected chi connectivity index (χ0v) is 3.44. The van der Waals surface area contributed by atoms with Gasteiger partial charge in [-0.3, -0.25) is 8.20 Å². The predicted octanol–water partition coefficient (Wildman–Crippen LogP) is -1.19. The van der Waals surface area contributed by atoms with Gasteiger partial charge in [-0.05, 0) is 0 Å². The second-order valence-corrected chi connectivity index (χ2v) is 1.90. The third-order valence-electron chi connectivity index (χ3n) is 0.314. The predicted molar refractivity (Wildman–Crippen MR) is 16.8 cm³/mol. The summed E-state index contributed by atoms with van der Waals surface area (Å²) in [5.41, 5.74) is 0. The Kier molecular flexibility index (Phi) is 0.655. The molecule has 0 bridgehead atoms. The van der Waals surface area contributed by atoms with E-state index in [2.05, 4.69) is 8.20 Å². The average Bonchev–Trinajstić information content (AvgIpc) is 1.32. The molecular weight excluding hydrogens is 107 g/mol. The average molecular weight is 107 g/mol. The molecule has 1 rings (SSSR count). The maximum Gasteiger partial charge on any atom is 0.525 e. The molecule has 0 amide bonds. The van der Waals surface area contributed by atoms with Crippen LogP contribution in [0.15, 0.2) is 0 Å². The molecule has 33 valence electrons. The molecule has 0 saturated carbocycles. The van der Waals surface area contributed by atoms with Crippen LogP contribution < -0.4 is 0 Å². The highest BCUT2D eigenvalue weighted by atomic mass is 32.3. The van der Waals surface area contributed by atoms with Gasteiger partial charge < -0.3 is 0 Å². The van der Waals surface area contributed by atoms with Crippen molar-refractivity contribution in [1.29, 1.82) is 0 Å². The Balaban J connectivity index is 2.78. The van der Waals surface area contributed by atoms with Crippen LogP contribution >= 0.6 is 0 Å². The van der Waals surface area contributed by atoms with Crippen molar-refractivity contribution in [3.8, 4) is 0 Å². The molecule has 1 aliphatic rings. The summed E-state index contributed by atoms with van der Waals surface area (Å²) in [5.74, 6) is 0. The minimum Gasteiger partial charge on any atom is -0.278 e. The van der Waals surface area contributed by atoms with Gasteiger partial charge in [-0.2, -0.15) is 8.42 Å². The van der Waals surface area contributed by atoms with Crippen LogP contribution in [0.2, 0.25) is 0 Å². The highest BCUT2D eigenvalue weighted by Gasteiger charge is 2.25. The SMILES string of the molecule is O=S1(=O)O[B]O1. The normalized spacial score (nSPS) is 27.3. The Morgan fingerprint density at radius 1 is 1.33 bits per heavy atom. The summed E-state index contributed by atoms with van der Waals surface area (Å²) in [7, 11) is -2.79. The van der Waals surface area contributed by atoms with Gasteiger partial charge >= 0.3 is 18.1 Å². The Hall–Kier alpha value is -0.0651. The highest BCUT2D eigenvalue weighted by molar-refractivity contribution is 7.85. The van der Waals surface area contributed by atoms with Crippen LogP contribution in [-0.2, 0) is 18.6 Å². The molecule has 0 aromatic rings. The summed E-state index contributed by atoms with van der Waals surface area (Å²) in [4.78, 5) is 0. The van der Waals surface area contributed by atoms with E-state index >= 15 is 0 Å². The Morgan fingerprint density at radius 3 is 1.67 bits per heavy atom. The van der Waals surface area contributed by atoms with Gasteiger partial charge in [0.25, 0.3) is 0 Å². The molecule has 0 aliphatic carbocycles. The lowest BCUT2D eigenvalue weighted by Crippen LogP contribution is -2.27. The fourth-order valence-corrected chi connectivity index (χ4v) is 0.310. The van der Waals surface area contributed by atoms with Crippen molar-refractivity contribution in [2.45, 2.75) is 0 Å². The fourth-order valence-electron chi connectivity index (χ4n) is 0.103. The molecule has 1 saturated heterocycles. The van der Waals surface area contributed by atoms with Gasteiger partial charge in [-0.15, -0.1) is 0 Å². The molecule has 4 nitrogen and oxygen atoms in total. The summed E-state index contributed by atoms with van der Waals surface area (Å²) < 4.78 is 26.7. The van der Waals surface area contributed by atoms with Crippen LogP contribution in [0.5, 0.6) is 0 Å². The van der Waals surface area contributed by atoms with Gasteiger partial charge in [0.1, 0.15) is 0 Å². The summed E-state index contributed by atoms with van der Waals surface area (Å²) in [6.45, 7) is 0. The van der Waals surface area contributed by atoms with Gasteiger partial charge in [-0.25, -0.2) is 0 Å². The molecule has 0 aromatic carbocycles. The number of rotatable bonds is 0. The van der Waals surface area contributed by atoms with Crippen molar-refractivity contribution in [2.75, 3.05) is 0 Å². The van der Waals surface area contributed by atoms with Crippen LogP contribution in [0.25, 0.3) is 0 Å². The first-order chi connectivity index (χ1) is 2.71. The Labute approximate surface area is 35.7 Å². The molecule has 0 unspecified atom stereocenters. The molecule has 0 spiro atoms. The number of hydrogen-bond donors (Lipinski definition) is 0. The first kappa shape index (κ1) is 4.10. The molecule has 0 atom stereocenters. The second kappa shape index (κ2) is 0.957. The van der Waals surface area contributed by atoms with Crippen LogP contribution in [0.3, 0.4) is 0 Å². The summed E-state index contributed by atoms with van der Waals surface area (Å²) in [5, 5.41) is 0. The first-order valence-corrected chi connectivity index (χ1v) is 2.47. The van der Waals surface area contributed by atoms with E-state index in [1.54, 1.807) is 0 Å². The van der Waals surface area contributed by atoms with Crippen molar-refractivity contribution in [1.82, 2.24) is 0 Å². The van der Waals surface area contributed by atoms with Crippen LogP contribution in [0, 0.1) is 0 Å². The molecule has 6 heavy (non-hydrogen) atoms. The summed E-state index contributed by atoms with van der Waals surface area (Å²) >= 11 is 0. The quantitative estimate of drug-likeness (QED) is 0.365. The largest absolute Gasteiger partial charge is 0.525 e. The topological polar surface area (TPSA) is 52.6 Å². The van der Waals surface area contributed by atoms with E-state index in [0.717, 1.165) is 7.69 Å². The maximum absolute atomic E-state index is 9.61. The van der Waals surface area contributed by atoms with E-state index in [4.69, 9.17) is 0 Å². The lowest BCUT2D eigenvalue weighted by Gasteiger charge is -2.08. The highest BCUT2D eigenvalue weighted by Crippen LogP contribution is 2.02. The van der Waals surface area contributed by atoms with Crippen LogP contribution in [-0.4, -0.2) is 16.1 Å². The molecule has 1 heterocycles. The molecule has 6 heteroatoms. The molecule has 1 fully saturated rings. The lowest BCUT2D eigenvalue weighted by atomic mass is 10.4. The molecule has 0 aromatic heterocycles. The van der Waals surface area contributed by atoms with Crippen molar-refractivity contribution in [2.24, 2.45) is 0 Å². The molecule has 1 aliphatic heterocycles. The van der Waals surface area contributed by atoms with Gasteiger partial charge in [0.2, 0.25) is 0 Å². The molecular formula is BO4S. The van der Waals surface area contributed by atoms with Crippen molar-refractivity contribution in [3.63, 3.8) is 0 Å². The molecule has 1 radical (unpaired) electrons. The van der Waals surface area contributed by atoms with E-state index < -0.39 is 10.4 Å². The third-order valence-corrected chi connectivity index (χ3v) is 0.943. The third kappa shape index (κ3) is 0.538. The van der Waals surface area contributed by atoms with E-state index in [-0.39, 0.29) is 0 Å². The van der Waals surface area contributed by atoms with E-state index in [1.165, 1.54) is 0 Å². The van der Waals surface area contributed by atoms with Gasteiger partial charge in [-0.1, -0.05) is 0 Å². The monoisotopic (exact) mass is 107 g/mol. The zero-order valence-electron chi connectivity index (χ0n) is 2.62. The van der Waals surface area contributed by atoms with Crippen molar-refractivity contribution in [3.05, 3.63) is 0 Å². The van der Waals surface area contributed by atoms with E-state index in [1.807, 2.05) is 0 Å². The smallest absolute Gasteiger partial charge is 0.278 e. The Morgan fingerprint density at radius 2 is 1.67 bits per heavy atom. The van der Waals surface area contributed by atoms with Crippen LogP contribution in [0.1, 0.15) is 0 Å². The standard InChI is InChI=1S/BO4S/c2-6(3)4-1-5-6. The zero-order chi connectivity index (χ0) is 4.62. The van der Waals surface area contributed by atoms with Gasteiger partial charge in [0.15, 0.2) is 0 Å². The van der Waals surface area contributed by atoms with Crippen LogP contribution in [0.4, 0.5) is 0 Å². The number of hydrogen-bond acceptors (Lipinski definition) is 4. The van der Waals surface area contributed by atoms with Gasteiger partial charge in [0.05, 0.1) is 0 Å². The minimum atomic E-state index is -3.54. The molecule has 0 N–H and O–H groups in total. The summed E-state index contributed by atoms with van der Waals surface area (Å²) in [6.07, 6.45) is 0. The first-order valence-electron chi connectivity index (χ1n) is 1.14. The van der Waals surface area contributed by atoms with E-state index in [0.29, 0.717) is 0 Å². The fraction of sp³-hybridized carbons (Fsp3) is 0. The Bertz CT molecular complexity index is 122. The maximum atomic E-state index is 9.61. The van der Waals surface area contributed by atoms with Crippen molar-refractivity contribution >= 4 is 18.1 Å². The van der Waals surface area contributed by atoms with Gasteiger partial charge in [0, 0.05) is 0 Å². The second-order valence-electron chi connectivity index (χ2n) is 0.697. The van der Waals surface area contributed by atoms with E-state index in [9.17, 15) is 8.42 Å². The summed E-state index contributed by atoms with van der Waals surface area (Å²) in [6, 6.07) is 0. The minimum absolute atomic E-state index is 0.745.